The monoisotopic (exact) mass is 232 g/mol. The molecule has 0 fully saturated rings. The molecule has 0 aliphatic carbocycles. The molecule has 0 spiro atoms. The number of nitrogens with one attached hydrogen (secondary N) is 1. The molecule has 1 aromatic carbocycles. The van der Waals surface area contributed by atoms with Crippen LogP contribution in [0.15, 0.2) is 29.0 Å². The van der Waals surface area contributed by atoms with E-state index in [9.17, 15) is 9.90 Å². The molecule has 2 aromatic rings. The van der Waals surface area contributed by atoms with Crippen LogP contribution in [0.3, 0.4) is 0 Å². The number of phenols is 1. The zero-order valence-corrected chi connectivity index (χ0v) is 9.52. The number of rotatable bonds is 2. The molecule has 0 saturated carbocycles. The number of aromatic nitrogens is 1. The molecule has 1 heterocycles. The number of anilines is 1. The van der Waals surface area contributed by atoms with Crippen molar-refractivity contribution in [2.45, 2.75) is 13.8 Å². The predicted octanol–water partition coefficient (Wildman–Crippen LogP) is 2.25. The Morgan fingerprint density at radius 1 is 1.41 bits per heavy atom. The highest BCUT2D eigenvalue weighted by atomic mass is 16.3. The molecule has 0 aliphatic heterocycles. The third-order valence-corrected chi connectivity index (χ3v) is 2.35. The summed E-state index contributed by atoms with van der Waals surface area (Å²) >= 11 is 0. The van der Waals surface area contributed by atoms with Gasteiger partial charge in [0.15, 0.2) is 6.39 Å². The summed E-state index contributed by atoms with van der Waals surface area (Å²) in [6, 6.07) is 5.00. The Morgan fingerprint density at radius 2 is 2.18 bits per heavy atom. The summed E-state index contributed by atoms with van der Waals surface area (Å²) in [5, 5.41) is 12.2. The molecular formula is C12H12N2O3. The Labute approximate surface area is 98.1 Å². The van der Waals surface area contributed by atoms with E-state index in [1.807, 2.05) is 6.92 Å². The predicted molar refractivity (Wildman–Crippen MR) is 62.0 cm³/mol. The van der Waals surface area contributed by atoms with Gasteiger partial charge in [0.1, 0.15) is 5.75 Å². The van der Waals surface area contributed by atoms with E-state index >= 15 is 0 Å². The van der Waals surface area contributed by atoms with Crippen LogP contribution in [0, 0.1) is 13.8 Å². The molecule has 88 valence electrons. The van der Waals surface area contributed by atoms with E-state index in [2.05, 4.69) is 10.3 Å². The molecule has 0 aliphatic rings. The minimum absolute atomic E-state index is 0.0236. The first kappa shape index (κ1) is 11.2. The van der Waals surface area contributed by atoms with E-state index in [1.54, 1.807) is 25.1 Å². The van der Waals surface area contributed by atoms with E-state index in [4.69, 9.17) is 4.42 Å². The fraction of sp³-hybridized carbons (Fsp3) is 0.167. The molecule has 0 atom stereocenters. The second-order valence-corrected chi connectivity index (χ2v) is 3.74. The van der Waals surface area contributed by atoms with Crippen molar-refractivity contribution >= 4 is 11.6 Å². The van der Waals surface area contributed by atoms with E-state index in [1.165, 1.54) is 6.39 Å². The lowest BCUT2D eigenvalue weighted by Crippen LogP contribution is -2.12. The number of carbonyl (C=O) groups is 1. The smallest absolute Gasteiger partial charge is 0.293 e. The summed E-state index contributed by atoms with van der Waals surface area (Å²) in [4.78, 5) is 15.6. The van der Waals surface area contributed by atoms with Gasteiger partial charge in [-0.3, -0.25) is 4.79 Å². The first-order chi connectivity index (χ1) is 8.08. The summed E-state index contributed by atoms with van der Waals surface area (Å²) < 4.78 is 4.96. The molecule has 5 heteroatoms. The maximum Gasteiger partial charge on any atom is 0.293 e. The highest BCUT2D eigenvalue weighted by molar-refractivity contribution is 6.03. The van der Waals surface area contributed by atoms with Crippen LogP contribution < -0.4 is 5.32 Å². The van der Waals surface area contributed by atoms with Gasteiger partial charge >= 0.3 is 0 Å². The van der Waals surface area contributed by atoms with Crippen molar-refractivity contribution in [2.24, 2.45) is 0 Å². The average molecular weight is 232 g/mol. The molecular weight excluding hydrogens is 220 g/mol. The van der Waals surface area contributed by atoms with Gasteiger partial charge in [-0.15, -0.1) is 0 Å². The zero-order chi connectivity index (χ0) is 12.4. The SMILES string of the molecule is Cc1ccc(NC(=O)c2ocnc2C)c(O)c1. The van der Waals surface area contributed by atoms with Crippen molar-refractivity contribution in [1.29, 1.82) is 0 Å². The lowest BCUT2D eigenvalue weighted by molar-refractivity contribution is 0.0995. The number of phenolic OH excluding ortho intramolecular Hbond substituents is 1. The Kier molecular flexibility index (Phi) is 2.82. The van der Waals surface area contributed by atoms with Crippen molar-refractivity contribution in [3.63, 3.8) is 0 Å². The van der Waals surface area contributed by atoms with Gasteiger partial charge in [0.25, 0.3) is 5.91 Å². The number of amides is 1. The Balaban J connectivity index is 2.22. The first-order valence-corrected chi connectivity index (χ1v) is 5.09. The van der Waals surface area contributed by atoms with E-state index in [0.29, 0.717) is 11.4 Å². The van der Waals surface area contributed by atoms with Gasteiger partial charge in [-0.2, -0.15) is 0 Å². The number of carbonyl (C=O) groups excluding carboxylic acids is 1. The van der Waals surface area contributed by atoms with Crippen molar-refractivity contribution in [2.75, 3.05) is 5.32 Å². The third-order valence-electron chi connectivity index (χ3n) is 2.35. The van der Waals surface area contributed by atoms with Crippen LogP contribution >= 0.6 is 0 Å². The molecule has 17 heavy (non-hydrogen) atoms. The number of aromatic hydroxyl groups is 1. The topological polar surface area (TPSA) is 75.4 Å². The van der Waals surface area contributed by atoms with Gasteiger partial charge in [-0.1, -0.05) is 6.07 Å². The van der Waals surface area contributed by atoms with E-state index < -0.39 is 5.91 Å². The molecule has 0 unspecified atom stereocenters. The van der Waals surface area contributed by atoms with Crippen molar-refractivity contribution < 1.29 is 14.3 Å². The Morgan fingerprint density at radius 3 is 2.76 bits per heavy atom. The van der Waals surface area contributed by atoms with Gasteiger partial charge in [0, 0.05) is 0 Å². The average Bonchev–Trinajstić information content (AvgIpc) is 2.68. The van der Waals surface area contributed by atoms with Crippen molar-refractivity contribution in [3.05, 3.63) is 41.6 Å². The van der Waals surface area contributed by atoms with Gasteiger partial charge in [-0.05, 0) is 31.5 Å². The summed E-state index contributed by atoms with van der Waals surface area (Å²) in [5.41, 5.74) is 1.77. The number of nitrogens with zero attached hydrogens (tertiary/aromatic N) is 1. The summed E-state index contributed by atoms with van der Waals surface area (Å²) in [6.07, 6.45) is 1.21. The first-order valence-electron chi connectivity index (χ1n) is 5.09. The zero-order valence-electron chi connectivity index (χ0n) is 9.52. The number of aryl methyl sites for hydroxylation is 2. The van der Waals surface area contributed by atoms with Gasteiger partial charge in [0.05, 0.1) is 11.4 Å². The molecule has 2 N–H and O–H groups in total. The number of hydrogen-bond acceptors (Lipinski definition) is 4. The van der Waals surface area contributed by atoms with Crippen molar-refractivity contribution in [1.82, 2.24) is 4.98 Å². The number of hydrogen-bond donors (Lipinski definition) is 2. The number of benzene rings is 1. The lowest BCUT2D eigenvalue weighted by atomic mass is 10.2. The fourth-order valence-corrected chi connectivity index (χ4v) is 1.45. The molecule has 1 amide bonds. The maximum absolute atomic E-state index is 11.8. The van der Waals surface area contributed by atoms with Crippen LogP contribution in [-0.4, -0.2) is 16.0 Å². The van der Waals surface area contributed by atoms with Crippen LogP contribution in [0.4, 0.5) is 5.69 Å². The second kappa shape index (κ2) is 4.29. The Bertz CT molecular complexity index is 561. The molecule has 0 bridgehead atoms. The molecule has 0 radical (unpaired) electrons. The number of oxazole rings is 1. The van der Waals surface area contributed by atoms with Gasteiger partial charge in [-0.25, -0.2) is 4.98 Å². The van der Waals surface area contributed by atoms with Crippen LogP contribution in [0.25, 0.3) is 0 Å². The summed E-state index contributed by atoms with van der Waals surface area (Å²) in [5.74, 6) is -0.264. The largest absolute Gasteiger partial charge is 0.506 e. The van der Waals surface area contributed by atoms with E-state index in [0.717, 1.165) is 5.56 Å². The quantitative estimate of drug-likeness (QED) is 0.778. The Hall–Kier alpha value is -2.30. The fourth-order valence-electron chi connectivity index (χ4n) is 1.45. The van der Waals surface area contributed by atoms with Gasteiger partial charge < -0.3 is 14.8 Å². The third kappa shape index (κ3) is 2.28. The minimum Gasteiger partial charge on any atom is -0.506 e. The molecule has 2 rings (SSSR count). The van der Waals surface area contributed by atoms with E-state index in [-0.39, 0.29) is 11.5 Å². The van der Waals surface area contributed by atoms with Crippen LogP contribution in [0.5, 0.6) is 5.75 Å². The minimum atomic E-state index is -0.431. The molecule has 5 nitrogen and oxygen atoms in total. The highest BCUT2D eigenvalue weighted by Crippen LogP contribution is 2.24. The van der Waals surface area contributed by atoms with Gasteiger partial charge in [0.2, 0.25) is 5.76 Å². The van der Waals surface area contributed by atoms with Crippen molar-refractivity contribution in [3.8, 4) is 5.75 Å². The molecule has 1 aromatic heterocycles. The molecule has 0 saturated heterocycles. The standard InChI is InChI=1S/C12H12N2O3/c1-7-3-4-9(10(15)5-7)14-12(16)11-8(2)13-6-17-11/h3-6,15H,1-2H3,(H,14,16). The normalized spacial score (nSPS) is 10.2. The summed E-state index contributed by atoms with van der Waals surface area (Å²) in [6.45, 7) is 3.53. The summed E-state index contributed by atoms with van der Waals surface area (Å²) in [7, 11) is 0. The van der Waals surface area contributed by atoms with Crippen LogP contribution in [-0.2, 0) is 0 Å². The van der Waals surface area contributed by atoms with Crippen LogP contribution in [0.2, 0.25) is 0 Å². The second-order valence-electron chi connectivity index (χ2n) is 3.74. The van der Waals surface area contributed by atoms with Crippen LogP contribution in [0.1, 0.15) is 21.8 Å². The maximum atomic E-state index is 11.8. The lowest BCUT2D eigenvalue weighted by Gasteiger charge is -2.06. The highest BCUT2D eigenvalue weighted by Gasteiger charge is 2.15.